The topological polar surface area (TPSA) is 77.5 Å². The van der Waals surface area contributed by atoms with Gasteiger partial charge in [-0.25, -0.2) is 0 Å². The van der Waals surface area contributed by atoms with Crippen LogP contribution < -0.4 is 0 Å². The predicted molar refractivity (Wildman–Crippen MR) is 59.0 cm³/mol. The monoisotopic (exact) mass is 262 g/mol. The van der Waals surface area contributed by atoms with Crippen molar-refractivity contribution in [1.29, 1.82) is 0 Å². The van der Waals surface area contributed by atoms with Crippen LogP contribution in [0.1, 0.15) is 0 Å². The molecule has 8 nitrogen and oxygen atoms in total. The molecular weight excluding hydrogens is 244 g/mol. The van der Waals surface area contributed by atoms with E-state index in [1.54, 1.807) is 0 Å². The fourth-order valence-corrected chi connectivity index (χ4v) is 2.07. The van der Waals surface area contributed by atoms with E-state index < -0.39 is 24.9 Å². The molecular formula is C10H18N2O6. The van der Waals surface area contributed by atoms with Crippen LogP contribution >= 0.6 is 0 Å². The Morgan fingerprint density at radius 2 is 0.889 bits per heavy atom. The number of hydrogen-bond acceptors (Lipinski definition) is 6. The van der Waals surface area contributed by atoms with E-state index in [0.717, 1.165) is 0 Å². The molecule has 0 aliphatic carbocycles. The van der Waals surface area contributed by atoms with Crippen LogP contribution in [0, 0.1) is 0 Å². The average molecular weight is 262 g/mol. The maximum absolute atomic E-state index is 11.2. The van der Waals surface area contributed by atoms with Crippen molar-refractivity contribution in [2.75, 3.05) is 28.4 Å². The Morgan fingerprint density at radius 1 is 0.667 bits per heavy atom. The summed E-state index contributed by atoms with van der Waals surface area (Å²) in [6.45, 7) is 0. The van der Waals surface area contributed by atoms with Gasteiger partial charge in [-0.05, 0) is 0 Å². The lowest BCUT2D eigenvalue weighted by atomic mass is 10.2. The molecule has 0 spiro atoms. The lowest BCUT2D eigenvalue weighted by molar-refractivity contribution is -0.294. The molecule has 0 aromatic rings. The summed E-state index contributed by atoms with van der Waals surface area (Å²) >= 11 is 0. The summed E-state index contributed by atoms with van der Waals surface area (Å²) < 4.78 is 20.8. The number of nitrogens with zero attached hydrogens (tertiary/aromatic N) is 2. The number of carbonyl (C=O) groups excluding carboxylic acids is 2. The first kappa shape index (κ1) is 14.8. The molecule has 0 radical (unpaired) electrons. The molecule has 8 heteroatoms. The van der Waals surface area contributed by atoms with Gasteiger partial charge in [0.1, 0.15) is 0 Å². The van der Waals surface area contributed by atoms with Gasteiger partial charge in [0.05, 0.1) is 0 Å². The Kier molecular flexibility index (Phi) is 5.48. The van der Waals surface area contributed by atoms with Gasteiger partial charge in [0.15, 0.2) is 24.9 Å². The molecule has 1 heterocycles. The van der Waals surface area contributed by atoms with Crippen molar-refractivity contribution in [2.24, 2.45) is 0 Å². The maximum atomic E-state index is 11.2. The third-order valence-corrected chi connectivity index (χ3v) is 2.87. The van der Waals surface area contributed by atoms with Gasteiger partial charge in [-0.15, -0.1) is 0 Å². The summed E-state index contributed by atoms with van der Waals surface area (Å²) in [5.41, 5.74) is 0. The highest BCUT2D eigenvalue weighted by atomic mass is 16.6. The SMILES string of the molecule is COC1C(OC)N(C=O)C(OC)C(OC)N1C=O. The number of ether oxygens (including phenoxy) is 4. The van der Waals surface area contributed by atoms with Crippen molar-refractivity contribution >= 4 is 12.8 Å². The minimum absolute atomic E-state index is 0.572. The highest BCUT2D eigenvalue weighted by Crippen LogP contribution is 2.26. The second-order valence-electron chi connectivity index (χ2n) is 3.61. The molecule has 0 bridgehead atoms. The van der Waals surface area contributed by atoms with Crippen molar-refractivity contribution in [2.45, 2.75) is 24.9 Å². The van der Waals surface area contributed by atoms with Crippen molar-refractivity contribution in [3.63, 3.8) is 0 Å². The number of rotatable bonds is 6. The molecule has 0 aromatic carbocycles. The Hall–Kier alpha value is -1.22. The van der Waals surface area contributed by atoms with Crippen molar-refractivity contribution in [1.82, 2.24) is 9.80 Å². The second kappa shape index (κ2) is 6.64. The average Bonchev–Trinajstić information content (AvgIpc) is 2.43. The molecule has 1 aliphatic rings. The molecule has 1 rings (SSSR count). The van der Waals surface area contributed by atoms with Crippen LogP contribution in [-0.2, 0) is 28.5 Å². The summed E-state index contributed by atoms with van der Waals surface area (Å²) in [5, 5.41) is 0. The zero-order valence-corrected chi connectivity index (χ0v) is 10.8. The number of carbonyl (C=O) groups is 2. The zero-order valence-electron chi connectivity index (χ0n) is 10.8. The first-order valence-corrected chi connectivity index (χ1v) is 5.26. The van der Waals surface area contributed by atoms with E-state index in [-0.39, 0.29) is 0 Å². The number of amides is 2. The molecule has 0 saturated carbocycles. The third-order valence-electron chi connectivity index (χ3n) is 2.87. The zero-order chi connectivity index (χ0) is 13.7. The minimum atomic E-state index is -0.769. The van der Waals surface area contributed by atoms with Gasteiger partial charge < -0.3 is 18.9 Å². The van der Waals surface area contributed by atoms with Gasteiger partial charge in [0.2, 0.25) is 12.8 Å². The van der Waals surface area contributed by atoms with Crippen LogP contribution in [0.25, 0.3) is 0 Å². The van der Waals surface area contributed by atoms with E-state index in [2.05, 4.69) is 0 Å². The second-order valence-corrected chi connectivity index (χ2v) is 3.61. The van der Waals surface area contributed by atoms with Crippen LogP contribution in [-0.4, -0.2) is 76.0 Å². The van der Waals surface area contributed by atoms with Gasteiger partial charge in [-0.1, -0.05) is 0 Å². The lowest BCUT2D eigenvalue weighted by Crippen LogP contribution is -2.69. The quantitative estimate of drug-likeness (QED) is 0.560. The molecule has 0 aromatic heterocycles. The van der Waals surface area contributed by atoms with Crippen LogP contribution in [0.3, 0.4) is 0 Å². The molecule has 2 amide bonds. The first-order chi connectivity index (χ1) is 8.69. The van der Waals surface area contributed by atoms with Gasteiger partial charge in [-0.3, -0.25) is 19.4 Å². The van der Waals surface area contributed by atoms with E-state index in [1.165, 1.54) is 38.2 Å². The van der Waals surface area contributed by atoms with E-state index in [0.29, 0.717) is 12.8 Å². The summed E-state index contributed by atoms with van der Waals surface area (Å²) in [5.74, 6) is 0. The van der Waals surface area contributed by atoms with E-state index in [1.807, 2.05) is 0 Å². The van der Waals surface area contributed by atoms with E-state index >= 15 is 0 Å². The Bertz CT molecular complexity index is 242. The first-order valence-electron chi connectivity index (χ1n) is 5.26. The summed E-state index contributed by atoms with van der Waals surface area (Å²) in [6.07, 6.45) is -1.93. The number of methoxy groups -OCH3 is 4. The summed E-state index contributed by atoms with van der Waals surface area (Å²) in [4.78, 5) is 24.9. The minimum Gasteiger partial charge on any atom is -0.357 e. The fraction of sp³-hybridized carbons (Fsp3) is 0.800. The molecule has 0 N–H and O–H groups in total. The highest BCUT2D eigenvalue weighted by molar-refractivity contribution is 5.52. The molecule has 18 heavy (non-hydrogen) atoms. The molecule has 4 atom stereocenters. The van der Waals surface area contributed by atoms with Crippen molar-refractivity contribution < 1.29 is 28.5 Å². The van der Waals surface area contributed by atoms with Gasteiger partial charge >= 0.3 is 0 Å². The summed E-state index contributed by atoms with van der Waals surface area (Å²) in [6, 6.07) is 0. The van der Waals surface area contributed by atoms with Crippen molar-refractivity contribution in [3.8, 4) is 0 Å². The number of hydrogen-bond donors (Lipinski definition) is 0. The maximum Gasteiger partial charge on any atom is 0.214 e. The van der Waals surface area contributed by atoms with E-state index in [9.17, 15) is 9.59 Å². The van der Waals surface area contributed by atoms with Crippen LogP contribution in [0.15, 0.2) is 0 Å². The van der Waals surface area contributed by atoms with E-state index in [4.69, 9.17) is 18.9 Å². The molecule has 104 valence electrons. The third kappa shape index (κ3) is 2.32. The Morgan fingerprint density at radius 3 is 1.00 bits per heavy atom. The van der Waals surface area contributed by atoms with Gasteiger partial charge in [-0.2, -0.15) is 0 Å². The van der Waals surface area contributed by atoms with Crippen LogP contribution in [0.2, 0.25) is 0 Å². The molecule has 1 saturated heterocycles. The van der Waals surface area contributed by atoms with Gasteiger partial charge in [0, 0.05) is 28.4 Å². The lowest BCUT2D eigenvalue weighted by Gasteiger charge is -2.50. The van der Waals surface area contributed by atoms with Crippen LogP contribution in [0.4, 0.5) is 0 Å². The molecule has 4 unspecified atom stereocenters. The predicted octanol–water partition coefficient (Wildman–Crippen LogP) is -1.19. The van der Waals surface area contributed by atoms with Crippen LogP contribution in [0.5, 0.6) is 0 Å². The Labute approximate surface area is 105 Å². The highest BCUT2D eigenvalue weighted by Gasteiger charge is 2.48. The Balaban J connectivity index is 3.14. The smallest absolute Gasteiger partial charge is 0.214 e. The molecule has 1 fully saturated rings. The largest absolute Gasteiger partial charge is 0.357 e. The standard InChI is InChI=1S/C10H18N2O6/c1-15-7-8(16-2)12(6-14)10(18-4)9(17-3)11(7)5-13/h5-10H,1-4H3. The molecule has 1 aliphatic heterocycles. The number of piperazine rings is 1. The van der Waals surface area contributed by atoms with Crippen molar-refractivity contribution in [3.05, 3.63) is 0 Å². The van der Waals surface area contributed by atoms with Gasteiger partial charge in [0.25, 0.3) is 0 Å². The normalized spacial score (nSPS) is 32.4. The fourth-order valence-electron chi connectivity index (χ4n) is 2.07. The summed E-state index contributed by atoms with van der Waals surface area (Å²) in [7, 11) is 5.65.